The molecule has 2 aromatic rings. The monoisotopic (exact) mass is 535 g/mol. The fourth-order valence-electron chi connectivity index (χ4n) is 3.61. The Morgan fingerprint density at radius 1 is 1.28 bits per heavy atom. The molecular weight excluding hydrogens is 521 g/mol. The molecule has 1 aliphatic heterocycles. The topological polar surface area (TPSA) is 137 Å². The summed E-state index contributed by atoms with van der Waals surface area (Å²) in [5, 5.41) is 23.7. The van der Waals surface area contributed by atoms with E-state index in [9.17, 15) is 37.3 Å². The maximum atomic E-state index is 15.6. The van der Waals surface area contributed by atoms with Crippen LogP contribution >= 0.6 is 11.6 Å². The second kappa shape index (κ2) is 9.22. The van der Waals surface area contributed by atoms with Gasteiger partial charge in [0, 0.05) is 18.7 Å². The van der Waals surface area contributed by atoms with Crippen molar-refractivity contribution < 1.29 is 41.6 Å². The quantitative estimate of drug-likeness (QED) is 0.285. The number of anilines is 2. The Bertz CT molecular complexity index is 1320. The van der Waals surface area contributed by atoms with Crippen molar-refractivity contribution in [1.82, 2.24) is 10.2 Å². The summed E-state index contributed by atoms with van der Waals surface area (Å²) in [4.78, 5) is 37.7. The van der Waals surface area contributed by atoms with E-state index in [2.05, 4.69) is 10.3 Å². The number of nitro groups is 1. The van der Waals surface area contributed by atoms with E-state index in [-0.39, 0.29) is 0 Å². The second-order valence-electron chi connectivity index (χ2n) is 7.78. The highest BCUT2D eigenvalue weighted by Crippen LogP contribution is 2.46. The number of nitro benzene ring substituents is 1. The molecule has 0 radical (unpaired) electrons. The van der Waals surface area contributed by atoms with E-state index in [0.29, 0.717) is 18.2 Å². The lowest BCUT2D eigenvalue weighted by atomic mass is 9.85. The molecule has 16 heteroatoms. The molecule has 36 heavy (non-hydrogen) atoms. The predicted molar refractivity (Wildman–Crippen MR) is 116 cm³/mol. The number of carbonyl (C=O) groups excluding carboxylic acids is 1. The number of rotatable bonds is 4. The molecule has 0 aliphatic carbocycles. The first-order valence-electron chi connectivity index (χ1n) is 9.72. The van der Waals surface area contributed by atoms with Crippen molar-refractivity contribution >= 4 is 46.6 Å². The Labute approximate surface area is 203 Å². The van der Waals surface area contributed by atoms with Gasteiger partial charge in [-0.3, -0.25) is 19.8 Å². The number of hydrogen-bond acceptors (Lipinski definition) is 5. The average molecular weight is 536 g/mol. The Hall–Kier alpha value is -4.01. The van der Waals surface area contributed by atoms with Gasteiger partial charge in [-0.05, 0) is 19.1 Å². The van der Waals surface area contributed by atoms with Crippen molar-refractivity contribution in [2.75, 3.05) is 12.4 Å². The van der Waals surface area contributed by atoms with Gasteiger partial charge in [0.1, 0.15) is 22.8 Å². The average Bonchev–Trinajstić information content (AvgIpc) is 2.73. The minimum atomic E-state index is -5.24. The van der Waals surface area contributed by atoms with Gasteiger partial charge in [-0.15, -0.1) is 4.99 Å². The molecule has 10 nitrogen and oxygen atoms in total. The third kappa shape index (κ3) is 4.86. The van der Waals surface area contributed by atoms with Crippen LogP contribution in [0.2, 0.25) is 5.02 Å². The molecule has 1 aliphatic rings. The van der Waals surface area contributed by atoms with Crippen LogP contribution in [0.3, 0.4) is 0 Å². The number of nitrogens with one attached hydrogen (secondary N) is 2. The van der Waals surface area contributed by atoms with Crippen LogP contribution in [0.15, 0.2) is 29.3 Å². The smallest absolute Gasteiger partial charge is 0.434 e. The summed E-state index contributed by atoms with van der Waals surface area (Å²) in [6, 6.07) is 2.80. The van der Waals surface area contributed by atoms with Crippen LogP contribution in [0.25, 0.3) is 0 Å². The molecule has 1 saturated heterocycles. The highest BCUT2D eigenvalue weighted by atomic mass is 35.5. The molecule has 1 fully saturated rings. The molecule has 2 aromatic carbocycles. The van der Waals surface area contributed by atoms with Crippen LogP contribution in [0.4, 0.5) is 43.8 Å². The van der Waals surface area contributed by atoms with Crippen LogP contribution < -0.4 is 10.6 Å². The first kappa shape index (κ1) is 26.6. The number of aliphatic imine (C=N–C) groups is 1. The lowest BCUT2D eigenvalue weighted by molar-refractivity contribution is -0.384. The number of halogens is 6. The molecule has 3 rings (SSSR count). The van der Waals surface area contributed by atoms with E-state index in [1.165, 1.54) is 14.0 Å². The standard InChI is InChI=1S/C20H15ClF5N5O5/c1-19(7-12(32)30(2)17(29-19)28-18(33)34)8-3-5-10(22)15(14(8)23)27-16-11(31(35)36)6-4-9(21)13(16)20(24,25)26/h3-6,27H,7H2,1-2H3,(H,28,29)(H,33,34)/t19-/m0/s1. The lowest BCUT2D eigenvalue weighted by Crippen LogP contribution is -2.59. The highest BCUT2D eigenvalue weighted by Gasteiger charge is 2.43. The third-order valence-electron chi connectivity index (χ3n) is 5.33. The van der Waals surface area contributed by atoms with Crippen LogP contribution in [-0.2, 0) is 16.5 Å². The van der Waals surface area contributed by atoms with Crippen molar-refractivity contribution in [1.29, 1.82) is 0 Å². The largest absolute Gasteiger partial charge is 0.463 e. The van der Waals surface area contributed by atoms with Crippen molar-refractivity contribution in [3.8, 4) is 0 Å². The van der Waals surface area contributed by atoms with Crippen LogP contribution in [0.1, 0.15) is 24.5 Å². The zero-order chi connectivity index (χ0) is 27.2. The summed E-state index contributed by atoms with van der Waals surface area (Å²) in [6.07, 6.45) is -7.42. The van der Waals surface area contributed by atoms with Gasteiger partial charge >= 0.3 is 12.3 Å². The fraction of sp³-hybridized carbons (Fsp3) is 0.250. The van der Waals surface area contributed by atoms with Gasteiger partial charge in [-0.25, -0.2) is 13.6 Å². The summed E-state index contributed by atoms with van der Waals surface area (Å²) in [5.74, 6) is -4.11. The predicted octanol–water partition coefficient (Wildman–Crippen LogP) is 4.99. The normalized spacial score (nSPS) is 19.3. The Kier molecular flexibility index (Phi) is 6.81. The summed E-state index contributed by atoms with van der Waals surface area (Å²) in [5.41, 5.74) is -7.60. The number of amides is 2. The summed E-state index contributed by atoms with van der Waals surface area (Å²) >= 11 is 5.62. The molecule has 1 heterocycles. The minimum Gasteiger partial charge on any atom is -0.463 e. The van der Waals surface area contributed by atoms with E-state index >= 15 is 4.39 Å². The summed E-state index contributed by atoms with van der Waals surface area (Å²) in [7, 11) is 1.20. The van der Waals surface area contributed by atoms with E-state index in [1.807, 2.05) is 5.32 Å². The van der Waals surface area contributed by atoms with Gasteiger partial charge in [-0.1, -0.05) is 17.7 Å². The molecule has 0 spiro atoms. The molecule has 1 atom stereocenters. The fourth-order valence-corrected chi connectivity index (χ4v) is 3.87. The van der Waals surface area contributed by atoms with Crippen LogP contribution in [0.5, 0.6) is 0 Å². The van der Waals surface area contributed by atoms with E-state index in [4.69, 9.17) is 16.7 Å². The molecule has 0 unspecified atom stereocenters. The first-order valence-corrected chi connectivity index (χ1v) is 10.1. The molecular formula is C20H15ClF5N5O5. The summed E-state index contributed by atoms with van der Waals surface area (Å²) < 4.78 is 71.3. The van der Waals surface area contributed by atoms with Gasteiger partial charge < -0.3 is 15.7 Å². The number of guanidine groups is 1. The molecule has 0 saturated carbocycles. The van der Waals surface area contributed by atoms with Gasteiger partial charge in [0.05, 0.1) is 21.9 Å². The summed E-state index contributed by atoms with van der Waals surface area (Å²) in [6.45, 7) is 1.25. The molecule has 3 N–H and O–H groups in total. The third-order valence-corrected chi connectivity index (χ3v) is 5.65. The van der Waals surface area contributed by atoms with Crippen molar-refractivity contribution in [2.45, 2.75) is 25.1 Å². The molecule has 192 valence electrons. The molecule has 0 aromatic heterocycles. The number of alkyl halides is 3. The van der Waals surface area contributed by atoms with Gasteiger partial charge in [0.25, 0.3) is 5.69 Å². The van der Waals surface area contributed by atoms with Crippen LogP contribution in [0, 0.1) is 21.7 Å². The van der Waals surface area contributed by atoms with Gasteiger partial charge in [0.2, 0.25) is 11.9 Å². The van der Waals surface area contributed by atoms with E-state index < -0.39 is 85.9 Å². The number of carbonyl (C=O) groups is 2. The molecule has 2 amide bonds. The SMILES string of the molecule is CN1C(=O)C[C@@](C)(c2ccc(F)c(Nc3c([N+](=O)[O-])ccc(Cl)c3C(F)(F)F)c2F)N/C1=N\C(=O)O. The maximum Gasteiger partial charge on any atom is 0.434 e. The van der Waals surface area contributed by atoms with Crippen molar-refractivity contribution in [3.05, 3.63) is 62.2 Å². The van der Waals surface area contributed by atoms with Gasteiger partial charge in [0.15, 0.2) is 5.82 Å². The highest BCUT2D eigenvalue weighted by molar-refractivity contribution is 6.32. The van der Waals surface area contributed by atoms with E-state index in [1.54, 1.807) is 0 Å². The Morgan fingerprint density at radius 2 is 1.92 bits per heavy atom. The Morgan fingerprint density at radius 3 is 2.47 bits per heavy atom. The van der Waals surface area contributed by atoms with E-state index in [0.717, 1.165) is 11.0 Å². The number of benzene rings is 2. The number of nitrogens with zero attached hydrogens (tertiary/aromatic N) is 3. The van der Waals surface area contributed by atoms with Crippen LogP contribution in [-0.4, -0.2) is 39.9 Å². The minimum absolute atomic E-state index is 0.468. The Balaban J connectivity index is 2.20. The zero-order valence-electron chi connectivity index (χ0n) is 18.2. The zero-order valence-corrected chi connectivity index (χ0v) is 19.0. The second-order valence-corrected chi connectivity index (χ2v) is 8.19. The van der Waals surface area contributed by atoms with Gasteiger partial charge in [-0.2, -0.15) is 13.2 Å². The molecule has 0 bridgehead atoms. The lowest BCUT2D eigenvalue weighted by Gasteiger charge is -2.40. The maximum absolute atomic E-state index is 15.6. The number of carboxylic acid groups (broad SMARTS) is 1. The number of hydrogen-bond donors (Lipinski definition) is 3. The van der Waals surface area contributed by atoms with Crippen molar-refractivity contribution in [2.24, 2.45) is 4.99 Å². The first-order chi connectivity index (χ1) is 16.6. The van der Waals surface area contributed by atoms with Crippen molar-refractivity contribution in [3.63, 3.8) is 0 Å².